The minimum absolute atomic E-state index is 0.0596. The summed E-state index contributed by atoms with van der Waals surface area (Å²) in [7, 11) is 0. The van der Waals surface area contributed by atoms with Gasteiger partial charge >= 0.3 is 0 Å². The van der Waals surface area contributed by atoms with E-state index in [1.807, 2.05) is 6.92 Å². The van der Waals surface area contributed by atoms with Gasteiger partial charge < -0.3 is 10.8 Å². The van der Waals surface area contributed by atoms with Crippen LogP contribution in [0.2, 0.25) is 0 Å². The number of hydrogen-bond acceptors (Lipinski definition) is 3. The molecule has 0 bridgehead atoms. The van der Waals surface area contributed by atoms with Gasteiger partial charge in [0.25, 0.3) is 0 Å². The zero-order valence-electron chi connectivity index (χ0n) is 8.91. The molecule has 0 spiro atoms. The van der Waals surface area contributed by atoms with Gasteiger partial charge in [0.15, 0.2) is 0 Å². The maximum absolute atomic E-state index is 12.7. The van der Waals surface area contributed by atoms with Crippen LogP contribution in [-0.4, -0.2) is 23.2 Å². The van der Waals surface area contributed by atoms with E-state index in [0.717, 1.165) is 12.1 Å². The summed E-state index contributed by atoms with van der Waals surface area (Å²) < 4.78 is 12.7. The maximum atomic E-state index is 12.7. The fourth-order valence-electron chi connectivity index (χ4n) is 1.74. The van der Waals surface area contributed by atoms with Crippen LogP contribution in [0.3, 0.4) is 0 Å². The van der Waals surface area contributed by atoms with E-state index in [0.29, 0.717) is 13.0 Å². The highest BCUT2D eigenvalue weighted by Crippen LogP contribution is 2.28. The van der Waals surface area contributed by atoms with E-state index in [-0.39, 0.29) is 17.8 Å². The normalized spacial score (nSPS) is 14.9. The second-order valence-corrected chi connectivity index (χ2v) is 3.67. The van der Waals surface area contributed by atoms with Crippen LogP contribution in [0.5, 0.6) is 0 Å². The first-order valence-corrected chi connectivity index (χ1v) is 5.11. The van der Waals surface area contributed by atoms with Crippen molar-refractivity contribution in [2.75, 3.05) is 13.2 Å². The standard InChI is InChI=1S/C11H17FN2O/c1-2-11(8-13,5-6-15)10-4-3-9(12)7-14-10/h3-4,7,15H,2,5-6,8,13H2,1H3. The van der Waals surface area contributed by atoms with Crippen LogP contribution in [0.1, 0.15) is 25.5 Å². The molecule has 0 aliphatic rings. The zero-order valence-corrected chi connectivity index (χ0v) is 8.91. The molecule has 3 nitrogen and oxygen atoms in total. The summed E-state index contributed by atoms with van der Waals surface area (Å²) in [5.74, 6) is -0.357. The monoisotopic (exact) mass is 212 g/mol. The van der Waals surface area contributed by atoms with Gasteiger partial charge in [0.05, 0.1) is 6.20 Å². The molecule has 0 amide bonds. The highest BCUT2D eigenvalue weighted by atomic mass is 19.1. The van der Waals surface area contributed by atoms with E-state index in [4.69, 9.17) is 10.8 Å². The molecule has 0 saturated heterocycles. The van der Waals surface area contributed by atoms with E-state index < -0.39 is 0 Å². The first-order chi connectivity index (χ1) is 7.18. The summed E-state index contributed by atoms with van der Waals surface area (Å²) in [6.07, 6.45) is 2.52. The first-order valence-electron chi connectivity index (χ1n) is 5.11. The van der Waals surface area contributed by atoms with Crippen LogP contribution in [0.15, 0.2) is 18.3 Å². The lowest BCUT2D eigenvalue weighted by atomic mass is 9.78. The molecule has 1 heterocycles. The Morgan fingerprint density at radius 3 is 2.67 bits per heavy atom. The number of halogens is 1. The zero-order chi connectivity index (χ0) is 11.3. The molecule has 1 rings (SSSR count). The molecule has 1 aromatic heterocycles. The summed E-state index contributed by atoms with van der Waals surface area (Å²) >= 11 is 0. The number of nitrogens with two attached hydrogens (primary N) is 1. The van der Waals surface area contributed by atoms with E-state index in [1.54, 1.807) is 6.07 Å². The third-order valence-corrected chi connectivity index (χ3v) is 2.93. The number of aromatic nitrogens is 1. The van der Waals surface area contributed by atoms with Crippen molar-refractivity contribution in [2.24, 2.45) is 5.73 Å². The highest BCUT2D eigenvalue weighted by Gasteiger charge is 2.29. The molecule has 0 aliphatic carbocycles. The van der Waals surface area contributed by atoms with Crippen molar-refractivity contribution in [3.63, 3.8) is 0 Å². The summed E-state index contributed by atoms with van der Waals surface area (Å²) in [5, 5.41) is 9.02. The number of aliphatic hydroxyl groups excluding tert-OH is 1. The smallest absolute Gasteiger partial charge is 0.141 e. The fraction of sp³-hybridized carbons (Fsp3) is 0.545. The number of aliphatic hydroxyl groups is 1. The van der Waals surface area contributed by atoms with Gasteiger partial charge in [-0.1, -0.05) is 6.92 Å². The Kier molecular flexibility index (Phi) is 4.17. The average Bonchev–Trinajstić information content (AvgIpc) is 2.27. The third kappa shape index (κ3) is 2.52. The van der Waals surface area contributed by atoms with Gasteiger partial charge in [-0.15, -0.1) is 0 Å². The minimum Gasteiger partial charge on any atom is -0.396 e. The molecule has 0 saturated carbocycles. The molecular formula is C11H17FN2O. The summed E-state index contributed by atoms with van der Waals surface area (Å²) in [4.78, 5) is 4.04. The van der Waals surface area contributed by atoms with Crippen molar-refractivity contribution in [3.8, 4) is 0 Å². The van der Waals surface area contributed by atoms with Crippen molar-refractivity contribution >= 4 is 0 Å². The summed E-state index contributed by atoms with van der Waals surface area (Å²) in [5.41, 5.74) is 6.15. The SMILES string of the molecule is CCC(CN)(CCO)c1ccc(F)cn1. The Morgan fingerprint density at radius 2 is 2.27 bits per heavy atom. The highest BCUT2D eigenvalue weighted by molar-refractivity contribution is 5.18. The predicted molar refractivity (Wildman–Crippen MR) is 56.9 cm³/mol. The number of nitrogens with zero attached hydrogens (tertiary/aromatic N) is 1. The lowest BCUT2D eigenvalue weighted by Crippen LogP contribution is -2.36. The molecule has 0 fully saturated rings. The summed E-state index contributed by atoms with van der Waals surface area (Å²) in [6.45, 7) is 2.46. The molecule has 84 valence electrons. The first kappa shape index (κ1) is 12.1. The Hall–Kier alpha value is -1.00. The molecule has 0 aliphatic heterocycles. The van der Waals surface area contributed by atoms with Gasteiger partial charge in [-0.2, -0.15) is 0 Å². The molecule has 3 N–H and O–H groups in total. The molecule has 15 heavy (non-hydrogen) atoms. The second-order valence-electron chi connectivity index (χ2n) is 3.67. The van der Waals surface area contributed by atoms with E-state index in [9.17, 15) is 4.39 Å². The van der Waals surface area contributed by atoms with Crippen molar-refractivity contribution < 1.29 is 9.50 Å². The molecule has 1 unspecified atom stereocenters. The Morgan fingerprint density at radius 1 is 1.53 bits per heavy atom. The van der Waals surface area contributed by atoms with Gasteiger partial charge in [0.1, 0.15) is 5.82 Å². The van der Waals surface area contributed by atoms with Crippen LogP contribution < -0.4 is 5.73 Å². The van der Waals surface area contributed by atoms with Crippen molar-refractivity contribution in [3.05, 3.63) is 29.8 Å². The van der Waals surface area contributed by atoms with E-state index in [2.05, 4.69) is 4.98 Å². The van der Waals surface area contributed by atoms with Crippen LogP contribution >= 0.6 is 0 Å². The Balaban J connectivity index is 3.02. The van der Waals surface area contributed by atoms with Gasteiger partial charge in [-0.25, -0.2) is 4.39 Å². The van der Waals surface area contributed by atoms with Gasteiger partial charge in [-0.05, 0) is 25.0 Å². The largest absolute Gasteiger partial charge is 0.396 e. The van der Waals surface area contributed by atoms with Crippen LogP contribution in [0.25, 0.3) is 0 Å². The number of pyridine rings is 1. The maximum Gasteiger partial charge on any atom is 0.141 e. The van der Waals surface area contributed by atoms with E-state index in [1.165, 1.54) is 12.3 Å². The molecule has 1 atom stereocenters. The van der Waals surface area contributed by atoms with Gasteiger partial charge in [0.2, 0.25) is 0 Å². The second kappa shape index (κ2) is 5.19. The van der Waals surface area contributed by atoms with Gasteiger partial charge in [0, 0.05) is 24.3 Å². The van der Waals surface area contributed by atoms with Gasteiger partial charge in [-0.3, -0.25) is 4.98 Å². The van der Waals surface area contributed by atoms with Crippen LogP contribution in [-0.2, 0) is 5.41 Å². The average molecular weight is 212 g/mol. The Labute approximate surface area is 89.1 Å². The minimum atomic E-state index is -0.357. The quantitative estimate of drug-likeness (QED) is 0.771. The lowest BCUT2D eigenvalue weighted by molar-refractivity contribution is 0.232. The topological polar surface area (TPSA) is 59.1 Å². The van der Waals surface area contributed by atoms with Crippen LogP contribution in [0.4, 0.5) is 4.39 Å². The van der Waals surface area contributed by atoms with Crippen molar-refractivity contribution in [2.45, 2.75) is 25.2 Å². The molecule has 0 aromatic carbocycles. The number of hydrogen-bond donors (Lipinski definition) is 2. The summed E-state index contributed by atoms with van der Waals surface area (Å²) in [6, 6.07) is 3.02. The third-order valence-electron chi connectivity index (χ3n) is 2.93. The number of rotatable bonds is 5. The molecule has 4 heteroatoms. The van der Waals surface area contributed by atoms with E-state index >= 15 is 0 Å². The molecule has 0 radical (unpaired) electrons. The van der Waals surface area contributed by atoms with Crippen LogP contribution in [0, 0.1) is 5.82 Å². The van der Waals surface area contributed by atoms with Crippen molar-refractivity contribution in [1.82, 2.24) is 4.98 Å². The molecule has 1 aromatic rings. The van der Waals surface area contributed by atoms with Crippen molar-refractivity contribution in [1.29, 1.82) is 0 Å². The fourth-order valence-corrected chi connectivity index (χ4v) is 1.74. The molecular weight excluding hydrogens is 195 g/mol. The lowest BCUT2D eigenvalue weighted by Gasteiger charge is -2.30. The predicted octanol–water partition coefficient (Wildman–Crippen LogP) is 1.21. The Bertz CT molecular complexity index is 296.